The Kier molecular flexibility index (Phi) is 7.37. The minimum atomic E-state index is -4.14. The quantitative estimate of drug-likeness (QED) is 0.374. The summed E-state index contributed by atoms with van der Waals surface area (Å²) in [5.41, 5.74) is 0.544. The third-order valence-corrected chi connectivity index (χ3v) is 6.92. The second-order valence-corrected chi connectivity index (χ2v) is 9.21. The Morgan fingerprint density at radius 2 is 1.77 bits per heavy atom. The van der Waals surface area contributed by atoms with Gasteiger partial charge in [0.05, 0.1) is 18.0 Å². The molecule has 0 unspecified atom stereocenters. The van der Waals surface area contributed by atoms with Crippen molar-refractivity contribution in [3.05, 3.63) is 70.3 Å². The SMILES string of the molecule is CCOC(=O)C[C@H]1CN(S(=O)(=O)c2ccccc2[N+](=O)[O-])C[C@H](Cc2ccccc2)N1. The molecule has 2 aromatic rings. The van der Waals surface area contributed by atoms with Crippen molar-refractivity contribution >= 4 is 21.7 Å². The number of rotatable bonds is 8. The van der Waals surface area contributed by atoms with E-state index in [2.05, 4.69) is 5.32 Å². The van der Waals surface area contributed by atoms with E-state index >= 15 is 0 Å². The van der Waals surface area contributed by atoms with Crippen molar-refractivity contribution in [2.75, 3.05) is 19.7 Å². The van der Waals surface area contributed by atoms with Crippen LogP contribution in [0.3, 0.4) is 0 Å². The molecule has 1 aliphatic rings. The molecule has 1 N–H and O–H groups in total. The van der Waals surface area contributed by atoms with Crippen LogP contribution in [0.15, 0.2) is 59.5 Å². The van der Waals surface area contributed by atoms with E-state index in [1.807, 2.05) is 30.3 Å². The van der Waals surface area contributed by atoms with E-state index in [0.717, 1.165) is 5.56 Å². The maximum Gasteiger partial charge on any atom is 0.307 e. The summed E-state index contributed by atoms with van der Waals surface area (Å²) in [5, 5.41) is 14.7. The molecule has 31 heavy (non-hydrogen) atoms. The molecule has 10 heteroatoms. The highest BCUT2D eigenvalue weighted by Gasteiger charge is 2.38. The maximum absolute atomic E-state index is 13.3. The van der Waals surface area contributed by atoms with Gasteiger partial charge in [0.25, 0.3) is 5.69 Å². The Hall–Kier alpha value is -2.82. The molecule has 3 rings (SSSR count). The highest BCUT2D eigenvalue weighted by Crippen LogP contribution is 2.28. The predicted octanol–water partition coefficient (Wildman–Crippen LogP) is 2.12. The van der Waals surface area contributed by atoms with Gasteiger partial charge in [0.2, 0.25) is 10.0 Å². The summed E-state index contributed by atoms with van der Waals surface area (Å²) in [6.07, 6.45) is 0.547. The van der Waals surface area contributed by atoms with E-state index < -0.39 is 32.6 Å². The number of nitro benzene ring substituents is 1. The number of ether oxygens (including phenoxy) is 1. The lowest BCUT2D eigenvalue weighted by Gasteiger charge is -2.38. The van der Waals surface area contributed by atoms with E-state index in [-0.39, 0.29) is 37.1 Å². The van der Waals surface area contributed by atoms with Gasteiger partial charge in [-0.05, 0) is 25.0 Å². The van der Waals surface area contributed by atoms with Gasteiger partial charge in [0.15, 0.2) is 4.90 Å². The van der Waals surface area contributed by atoms with E-state index in [4.69, 9.17) is 4.74 Å². The highest BCUT2D eigenvalue weighted by atomic mass is 32.2. The molecule has 0 saturated carbocycles. The van der Waals surface area contributed by atoms with Gasteiger partial charge in [-0.25, -0.2) is 8.42 Å². The second kappa shape index (κ2) is 9.99. The number of para-hydroxylation sites is 1. The van der Waals surface area contributed by atoms with Crippen LogP contribution in [0.1, 0.15) is 18.9 Å². The average Bonchev–Trinajstić information content (AvgIpc) is 2.74. The van der Waals surface area contributed by atoms with E-state index in [9.17, 15) is 23.3 Å². The Labute approximate surface area is 181 Å². The van der Waals surface area contributed by atoms with E-state index in [0.29, 0.717) is 6.42 Å². The Morgan fingerprint density at radius 1 is 1.13 bits per heavy atom. The molecule has 2 atom stereocenters. The first kappa shape index (κ1) is 22.9. The molecule has 0 radical (unpaired) electrons. The normalized spacial score (nSPS) is 19.6. The second-order valence-electron chi connectivity index (χ2n) is 7.31. The van der Waals surface area contributed by atoms with Gasteiger partial charge in [0, 0.05) is 31.2 Å². The number of sulfonamides is 1. The molecule has 0 spiro atoms. The third kappa shape index (κ3) is 5.66. The first-order chi connectivity index (χ1) is 14.8. The summed E-state index contributed by atoms with van der Waals surface area (Å²) >= 11 is 0. The summed E-state index contributed by atoms with van der Waals surface area (Å²) < 4.78 is 32.9. The van der Waals surface area contributed by atoms with Crippen molar-refractivity contribution in [2.45, 2.75) is 36.7 Å². The van der Waals surface area contributed by atoms with Crippen LogP contribution >= 0.6 is 0 Å². The summed E-state index contributed by atoms with van der Waals surface area (Å²) in [7, 11) is -4.14. The van der Waals surface area contributed by atoms with Gasteiger partial charge in [-0.1, -0.05) is 42.5 Å². The molecular weight excluding hydrogens is 422 g/mol. The largest absolute Gasteiger partial charge is 0.466 e. The zero-order valence-corrected chi connectivity index (χ0v) is 18.0. The number of nitrogens with zero attached hydrogens (tertiary/aromatic N) is 2. The van der Waals surface area contributed by atoms with Gasteiger partial charge < -0.3 is 10.1 Å². The number of piperazine rings is 1. The van der Waals surface area contributed by atoms with Gasteiger partial charge >= 0.3 is 5.97 Å². The number of esters is 1. The van der Waals surface area contributed by atoms with Crippen LogP contribution in [0, 0.1) is 10.1 Å². The third-order valence-electron chi connectivity index (χ3n) is 5.04. The molecule has 1 heterocycles. The summed E-state index contributed by atoms with van der Waals surface area (Å²) in [5.74, 6) is -0.427. The molecule has 1 fully saturated rings. The van der Waals surface area contributed by atoms with Crippen LogP contribution in [0.25, 0.3) is 0 Å². The fourth-order valence-electron chi connectivity index (χ4n) is 3.73. The van der Waals surface area contributed by atoms with Crippen molar-refractivity contribution in [3.63, 3.8) is 0 Å². The van der Waals surface area contributed by atoms with Crippen molar-refractivity contribution in [2.24, 2.45) is 0 Å². The van der Waals surface area contributed by atoms with Gasteiger partial charge in [-0.3, -0.25) is 14.9 Å². The predicted molar refractivity (Wildman–Crippen MR) is 114 cm³/mol. The van der Waals surface area contributed by atoms with Crippen LogP contribution in [-0.4, -0.2) is 55.4 Å². The van der Waals surface area contributed by atoms with Crippen LogP contribution in [0.4, 0.5) is 5.69 Å². The fourth-order valence-corrected chi connectivity index (χ4v) is 5.42. The summed E-state index contributed by atoms with van der Waals surface area (Å²) in [6, 6.07) is 14.1. The lowest BCUT2D eigenvalue weighted by atomic mass is 10.0. The number of hydrogen-bond acceptors (Lipinski definition) is 7. The Balaban J connectivity index is 1.89. The van der Waals surface area contributed by atoms with Gasteiger partial charge in [0.1, 0.15) is 0 Å². The average molecular weight is 448 g/mol. The zero-order chi connectivity index (χ0) is 22.4. The summed E-state index contributed by atoms with van der Waals surface area (Å²) in [4.78, 5) is 22.4. The lowest BCUT2D eigenvalue weighted by molar-refractivity contribution is -0.387. The molecule has 0 amide bonds. The molecule has 1 aliphatic heterocycles. The first-order valence-corrected chi connectivity index (χ1v) is 11.4. The van der Waals surface area contributed by atoms with Crippen LogP contribution in [-0.2, 0) is 26.0 Å². The number of carbonyl (C=O) groups excluding carboxylic acids is 1. The molecule has 0 aromatic heterocycles. The lowest BCUT2D eigenvalue weighted by Crippen LogP contribution is -2.59. The molecule has 1 saturated heterocycles. The fraction of sp³-hybridized carbons (Fsp3) is 0.381. The minimum Gasteiger partial charge on any atom is -0.466 e. The van der Waals surface area contributed by atoms with Crippen LogP contribution in [0.5, 0.6) is 0 Å². The Morgan fingerprint density at radius 3 is 2.45 bits per heavy atom. The zero-order valence-electron chi connectivity index (χ0n) is 17.1. The van der Waals surface area contributed by atoms with Gasteiger partial charge in [-0.2, -0.15) is 4.31 Å². The molecule has 0 bridgehead atoms. The molecule has 166 valence electrons. The standard InChI is InChI=1S/C21H25N3O6S/c1-2-30-21(25)13-18-15-23(14-17(22-18)12-16-8-4-3-5-9-16)31(28,29)20-11-7-6-10-19(20)24(26)27/h3-11,17-18,22H,2,12-15H2,1H3/t17-,18-/m0/s1. The van der Waals surface area contributed by atoms with Crippen molar-refractivity contribution in [3.8, 4) is 0 Å². The number of benzene rings is 2. The van der Waals surface area contributed by atoms with Crippen molar-refractivity contribution < 1.29 is 22.9 Å². The maximum atomic E-state index is 13.3. The van der Waals surface area contributed by atoms with E-state index in [1.165, 1.54) is 28.6 Å². The van der Waals surface area contributed by atoms with Crippen molar-refractivity contribution in [1.82, 2.24) is 9.62 Å². The Bertz CT molecular complexity index is 1030. The van der Waals surface area contributed by atoms with Crippen molar-refractivity contribution in [1.29, 1.82) is 0 Å². The molecule has 2 aromatic carbocycles. The molecular formula is C21H25N3O6S. The topological polar surface area (TPSA) is 119 Å². The smallest absolute Gasteiger partial charge is 0.307 e. The number of nitro groups is 1. The van der Waals surface area contributed by atoms with E-state index in [1.54, 1.807) is 6.92 Å². The van der Waals surface area contributed by atoms with Crippen LogP contribution in [0.2, 0.25) is 0 Å². The molecule has 0 aliphatic carbocycles. The number of nitrogens with one attached hydrogen (secondary N) is 1. The highest BCUT2D eigenvalue weighted by molar-refractivity contribution is 7.89. The molecule has 9 nitrogen and oxygen atoms in total. The minimum absolute atomic E-state index is 0.00202. The first-order valence-electron chi connectivity index (χ1n) is 10.0. The monoisotopic (exact) mass is 447 g/mol. The van der Waals surface area contributed by atoms with Gasteiger partial charge in [-0.15, -0.1) is 0 Å². The summed E-state index contributed by atoms with van der Waals surface area (Å²) in [6.45, 7) is 2.08. The number of carbonyl (C=O) groups is 1. The van der Waals surface area contributed by atoms with Crippen LogP contribution < -0.4 is 5.32 Å². The number of hydrogen-bond donors (Lipinski definition) is 1.